The van der Waals surface area contributed by atoms with E-state index in [4.69, 9.17) is 0 Å². The highest BCUT2D eigenvalue weighted by molar-refractivity contribution is 5.45. The maximum absolute atomic E-state index is 2.29. The molecule has 0 aromatic heterocycles. The van der Waals surface area contributed by atoms with Gasteiger partial charge in [-0.2, -0.15) is 0 Å². The van der Waals surface area contributed by atoms with Gasteiger partial charge in [0.25, 0.3) is 0 Å². The van der Waals surface area contributed by atoms with E-state index in [0.29, 0.717) is 5.92 Å². The van der Waals surface area contributed by atoms with Crippen molar-refractivity contribution in [1.29, 1.82) is 0 Å². The molecule has 2 aliphatic rings. The lowest BCUT2D eigenvalue weighted by Gasteiger charge is -2.15. The zero-order valence-corrected chi connectivity index (χ0v) is 8.83. The third kappa shape index (κ3) is 1.65. The van der Waals surface area contributed by atoms with Gasteiger partial charge in [-0.3, -0.25) is 0 Å². The molecule has 14 heavy (non-hydrogen) atoms. The topological polar surface area (TPSA) is 0 Å². The molecule has 72 valence electrons. The Bertz CT molecular complexity index is 359. The van der Waals surface area contributed by atoms with E-state index in [1.165, 1.54) is 16.7 Å². The molecular weight excluding hydrogens is 168 g/mol. The van der Waals surface area contributed by atoms with Crippen LogP contribution in [-0.4, -0.2) is 0 Å². The van der Waals surface area contributed by atoms with Crippen molar-refractivity contribution in [3.05, 3.63) is 59.3 Å². The average Bonchev–Trinajstić information content (AvgIpc) is 2.87. The fraction of sp³-hybridized carbons (Fsp3) is 0.286. The van der Waals surface area contributed by atoms with Crippen LogP contribution in [0, 0.1) is 5.92 Å². The van der Waals surface area contributed by atoms with E-state index in [0.717, 1.165) is 6.42 Å². The van der Waals surface area contributed by atoms with Crippen molar-refractivity contribution in [2.45, 2.75) is 20.3 Å². The summed E-state index contributed by atoms with van der Waals surface area (Å²) in [5.74, 6) is 0.576. The van der Waals surface area contributed by atoms with Crippen molar-refractivity contribution in [2.75, 3.05) is 0 Å². The average molecular weight is 184 g/mol. The first-order valence-electron chi connectivity index (χ1n) is 5.20. The van der Waals surface area contributed by atoms with Crippen LogP contribution in [0.2, 0.25) is 0 Å². The van der Waals surface area contributed by atoms with Crippen LogP contribution in [-0.2, 0) is 0 Å². The van der Waals surface area contributed by atoms with Gasteiger partial charge in [-0.15, -0.1) is 0 Å². The summed E-state index contributed by atoms with van der Waals surface area (Å²) >= 11 is 0. The van der Waals surface area contributed by atoms with Crippen molar-refractivity contribution >= 4 is 0 Å². The van der Waals surface area contributed by atoms with Gasteiger partial charge in [0, 0.05) is 0 Å². The second-order valence-corrected chi connectivity index (χ2v) is 3.95. The molecule has 0 saturated heterocycles. The minimum atomic E-state index is 0.576. The molecule has 0 saturated carbocycles. The Morgan fingerprint density at radius 1 is 1.21 bits per heavy atom. The summed E-state index contributed by atoms with van der Waals surface area (Å²) in [6.07, 6.45) is 16.3. The molecule has 0 heteroatoms. The van der Waals surface area contributed by atoms with Crippen LogP contribution in [0.25, 0.3) is 0 Å². The Labute approximate surface area is 86.0 Å². The molecule has 0 heterocycles. The van der Waals surface area contributed by atoms with E-state index in [-0.39, 0.29) is 0 Å². The lowest BCUT2D eigenvalue weighted by molar-refractivity contribution is 0.778. The van der Waals surface area contributed by atoms with Gasteiger partial charge in [0.2, 0.25) is 0 Å². The zero-order valence-electron chi connectivity index (χ0n) is 8.83. The quantitative estimate of drug-likeness (QED) is 0.609. The molecule has 0 N–H and O–H groups in total. The summed E-state index contributed by atoms with van der Waals surface area (Å²) in [4.78, 5) is 0. The van der Waals surface area contributed by atoms with Gasteiger partial charge < -0.3 is 0 Å². The molecule has 0 aromatic carbocycles. The van der Waals surface area contributed by atoms with E-state index in [2.05, 4.69) is 56.4 Å². The first-order valence-corrected chi connectivity index (χ1v) is 5.20. The number of allylic oxidation sites excluding steroid dienone is 10. The Morgan fingerprint density at radius 2 is 1.93 bits per heavy atom. The molecule has 0 spiro atoms. The van der Waals surface area contributed by atoms with Gasteiger partial charge in [0.15, 0.2) is 0 Å². The molecule has 0 fully saturated rings. The molecule has 0 aliphatic heterocycles. The minimum absolute atomic E-state index is 0.576. The first-order chi connectivity index (χ1) is 6.79. The molecule has 2 aliphatic carbocycles. The van der Waals surface area contributed by atoms with Crippen molar-refractivity contribution < 1.29 is 0 Å². The number of hydrogen-bond donors (Lipinski definition) is 0. The molecule has 1 atom stereocenters. The van der Waals surface area contributed by atoms with Crippen LogP contribution in [0.4, 0.5) is 0 Å². The molecule has 0 amide bonds. The van der Waals surface area contributed by atoms with E-state index >= 15 is 0 Å². The zero-order chi connectivity index (χ0) is 9.97. The summed E-state index contributed by atoms with van der Waals surface area (Å²) in [7, 11) is 0. The van der Waals surface area contributed by atoms with E-state index in [9.17, 15) is 0 Å². The van der Waals surface area contributed by atoms with E-state index in [1.807, 2.05) is 0 Å². The van der Waals surface area contributed by atoms with Crippen LogP contribution in [0.15, 0.2) is 59.3 Å². The lowest BCUT2D eigenvalue weighted by Crippen LogP contribution is -2.01. The lowest BCUT2D eigenvalue weighted by atomic mass is 9.90. The van der Waals surface area contributed by atoms with Crippen LogP contribution in [0.1, 0.15) is 20.3 Å². The van der Waals surface area contributed by atoms with Gasteiger partial charge in [-0.25, -0.2) is 0 Å². The summed E-state index contributed by atoms with van der Waals surface area (Å²) in [5.41, 5.74) is 4.39. The summed E-state index contributed by atoms with van der Waals surface area (Å²) in [6.45, 7) is 4.53. The van der Waals surface area contributed by atoms with Crippen LogP contribution >= 0.6 is 0 Å². The highest BCUT2D eigenvalue weighted by Crippen LogP contribution is 2.29. The van der Waals surface area contributed by atoms with Gasteiger partial charge in [-0.1, -0.05) is 60.6 Å². The van der Waals surface area contributed by atoms with E-state index < -0.39 is 0 Å². The molecule has 0 bridgehead atoms. The fourth-order valence-electron chi connectivity index (χ4n) is 1.95. The molecule has 0 aromatic rings. The highest BCUT2D eigenvalue weighted by Gasteiger charge is 2.13. The SMILES string of the molecule is CC(=C1C=CC=C1)C(C)C1=CC=CC1. The Hall–Kier alpha value is -1.30. The fourth-order valence-corrected chi connectivity index (χ4v) is 1.95. The normalized spacial score (nSPS) is 20.4. The van der Waals surface area contributed by atoms with E-state index in [1.54, 1.807) is 0 Å². The summed E-state index contributed by atoms with van der Waals surface area (Å²) in [5, 5.41) is 0. The van der Waals surface area contributed by atoms with Crippen molar-refractivity contribution in [2.24, 2.45) is 5.92 Å². The number of hydrogen-bond acceptors (Lipinski definition) is 0. The van der Waals surface area contributed by atoms with Gasteiger partial charge >= 0.3 is 0 Å². The smallest absolute Gasteiger partial charge is 0.000897 e. The highest BCUT2D eigenvalue weighted by atomic mass is 14.2. The third-order valence-corrected chi connectivity index (χ3v) is 3.12. The van der Waals surface area contributed by atoms with Crippen molar-refractivity contribution in [1.82, 2.24) is 0 Å². The molecular formula is C14H16. The van der Waals surface area contributed by atoms with Crippen LogP contribution in [0.5, 0.6) is 0 Å². The predicted octanol–water partition coefficient (Wildman–Crippen LogP) is 3.95. The Balaban J connectivity index is 2.19. The monoisotopic (exact) mass is 184 g/mol. The maximum atomic E-state index is 2.29. The van der Waals surface area contributed by atoms with Crippen molar-refractivity contribution in [3.63, 3.8) is 0 Å². The molecule has 1 unspecified atom stereocenters. The molecule has 2 rings (SSSR count). The summed E-state index contributed by atoms with van der Waals surface area (Å²) in [6, 6.07) is 0. The Morgan fingerprint density at radius 3 is 2.50 bits per heavy atom. The van der Waals surface area contributed by atoms with Gasteiger partial charge in [0.05, 0.1) is 0 Å². The van der Waals surface area contributed by atoms with Crippen LogP contribution in [0.3, 0.4) is 0 Å². The minimum Gasteiger partial charge on any atom is -0.0804 e. The van der Waals surface area contributed by atoms with Gasteiger partial charge in [-0.05, 0) is 24.8 Å². The third-order valence-electron chi connectivity index (χ3n) is 3.12. The largest absolute Gasteiger partial charge is 0.0804 e. The number of rotatable bonds is 2. The first kappa shape index (κ1) is 9.26. The van der Waals surface area contributed by atoms with Gasteiger partial charge in [0.1, 0.15) is 0 Å². The molecule has 0 nitrogen and oxygen atoms in total. The maximum Gasteiger partial charge on any atom is -0.000897 e. The van der Waals surface area contributed by atoms with Crippen molar-refractivity contribution in [3.8, 4) is 0 Å². The van der Waals surface area contributed by atoms with Crippen LogP contribution < -0.4 is 0 Å². The standard InChI is InChI=1S/C14H16/c1-11(13-7-3-4-8-13)12(2)14-9-5-6-10-14/h3-9,12H,10H2,1-2H3. The second-order valence-electron chi connectivity index (χ2n) is 3.95. The summed E-state index contributed by atoms with van der Waals surface area (Å²) < 4.78 is 0. The molecule has 0 radical (unpaired) electrons. The Kier molecular flexibility index (Phi) is 2.53. The second kappa shape index (κ2) is 3.83. The predicted molar refractivity (Wildman–Crippen MR) is 62.0 cm³/mol.